The van der Waals surface area contributed by atoms with Gasteiger partial charge in [-0.2, -0.15) is 9.97 Å². The van der Waals surface area contributed by atoms with E-state index in [1.165, 1.54) is 31.4 Å². The summed E-state index contributed by atoms with van der Waals surface area (Å²) in [6.45, 7) is 10.2. The number of phenols is 1. The van der Waals surface area contributed by atoms with Crippen LogP contribution in [0.25, 0.3) is 32.9 Å². The molecule has 8 rings (SSSR count). The Balaban J connectivity index is 0.00000221. The fraction of sp³-hybridized carbons (Fsp3) is 0.585. The second-order valence-electron chi connectivity index (χ2n) is 15.8. The van der Waals surface area contributed by atoms with Gasteiger partial charge in [0.1, 0.15) is 39.6 Å². The summed E-state index contributed by atoms with van der Waals surface area (Å²) in [7, 11) is 3.20. The molecule has 54 heavy (non-hydrogen) atoms. The standard InChI is InChI=1S/C39H47F2N5O6.C2H6/c1-37(48)20-45(14-15-51-21-37)34-30-33(31(41)32(42-35(30)49-3)26-17-25(47)16-23-8-5-9-27(40)29(23)26)43-36(44-34)52-22-39-11-6-10-28(39)46(13-7-12-39)24-18-38(2,19-24)50-4;1-2/h5,8-9,16-17,24,28,47-48H,6-7,10-15,18-22H2,1-4H3;1-2H3. The van der Waals surface area contributed by atoms with E-state index < -0.39 is 17.2 Å². The number of piperidine rings is 1. The molecule has 4 fully saturated rings. The first kappa shape index (κ1) is 38.4. The molecule has 13 heteroatoms. The predicted molar refractivity (Wildman–Crippen MR) is 203 cm³/mol. The minimum absolute atomic E-state index is 0.00604. The minimum atomic E-state index is -1.23. The zero-order chi connectivity index (χ0) is 38.4. The van der Waals surface area contributed by atoms with E-state index in [-0.39, 0.29) is 75.2 Å². The third kappa shape index (κ3) is 6.93. The van der Waals surface area contributed by atoms with Crippen LogP contribution in [0.15, 0.2) is 30.3 Å². The molecule has 2 saturated carbocycles. The number of nitrogens with zero attached hydrogens (tertiary/aromatic N) is 5. The van der Waals surface area contributed by atoms with Crippen molar-refractivity contribution >= 4 is 27.5 Å². The molecule has 2 aliphatic carbocycles. The van der Waals surface area contributed by atoms with Gasteiger partial charge in [0, 0.05) is 42.1 Å². The molecule has 11 nitrogen and oxygen atoms in total. The summed E-state index contributed by atoms with van der Waals surface area (Å²) in [5.41, 5.74) is -1.72. The number of anilines is 1. The molecule has 0 bridgehead atoms. The highest BCUT2D eigenvalue weighted by Crippen LogP contribution is 2.52. The number of rotatable bonds is 8. The van der Waals surface area contributed by atoms with Gasteiger partial charge in [-0.05, 0) is 82.5 Å². The Labute approximate surface area is 315 Å². The van der Waals surface area contributed by atoms with Gasteiger partial charge in [-0.3, -0.25) is 4.90 Å². The van der Waals surface area contributed by atoms with Gasteiger partial charge in [0.15, 0.2) is 5.82 Å². The summed E-state index contributed by atoms with van der Waals surface area (Å²) < 4.78 is 56.3. The average Bonchev–Trinajstić information content (AvgIpc) is 3.50. The molecule has 2 saturated heterocycles. The molecular formula is C41H53F2N5O6. The number of hydrogen-bond donors (Lipinski definition) is 2. The number of aliphatic hydroxyl groups is 1. The Hall–Kier alpha value is -3.91. The van der Waals surface area contributed by atoms with E-state index in [4.69, 9.17) is 23.9 Å². The predicted octanol–water partition coefficient (Wildman–Crippen LogP) is 7.03. The quantitative estimate of drug-likeness (QED) is 0.193. The molecule has 4 aliphatic rings. The van der Waals surface area contributed by atoms with E-state index >= 15 is 8.78 Å². The number of halogens is 2. The molecule has 2 aromatic heterocycles. The van der Waals surface area contributed by atoms with Gasteiger partial charge in [0.25, 0.3) is 0 Å². The number of likely N-dealkylation sites (tertiary alicyclic amines) is 1. The number of hydrogen-bond acceptors (Lipinski definition) is 11. The third-order valence-corrected chi connectivity index (χ3v) is 12.0. The SMILES string of the molecule is CC.COc1nc(-c2cc(O)cc3cccc(F)c23)c(F)c2nc(OCC34CCCC3N(C3CC(C)(OC)C3)CCC4)nc(N3CCOCC(C)(O)C3)c12. The van der Waals surface area contributed by atoms with Crippen LogP contribution in [0.3, 0.4) is 0 Å². The van der Waals surface area contributed by atoms with Crippen molar-refractivity contribution in [2.24, 2.45) is 5.41 Å². The Morgan fingerprint density at radius 2 is 1.78 bits per heavy atom. The molecule has 2 aliphatic heterocycles. The van der Waals surface area contributed by atoms with E-state index in [9.17, 15) is 10.2 Å². The number of fused-ring (bicyclic) bond motifs is 3. The Morgan fingerprint density at radius 3 is 2.54 bits per heavy atom. The largest absolute Gasteiger partial charge is 0.508 e. The molecular weight excluding hydrogens is 696 g/mol. The van der Waals surface area contributed by atoms with Crippen LogP contribution in [0.5, 0.6) is 17.6 Å². The zero-order valence-electron chi connectivity index (χ0n) is 32.3. The summed E-state index contributed by atoms with van der Waals surface area (Å²) in [5, 5.41) is 22.4. The van der Waals surface area contributed by atoms with Crippen molar-refractivity contribution in [1.29, 1.82) is 0 Å². The summed E-state index contributed by atoms with van der Waals surface area (Å²) >= 11 is 0. The van der Waals surface area contributed by atoms with Crippen LogP contribution in [0.2, 0.25) is 0 Å². The van der Waals surface area contributed by atoms with Crippen LogP contribution in [0.4, 0.5) is 14.6 Å². The monoisotopic (exact) mass is 749 g/mol. The van der Waals surface area contributed by atoms with Crippen molar-refractivity contribution in [2.75, 3.05) is 58.6 Å². The molecule has 3 unspecified atom stereocenters. The first-order valence-electron chi connectivity index (χ1n) is 19.3. The highest BCUT2D eigenvalue weighted by Gasteiger charge is 2.54. The molecule has 0 spiro atoms. The van der Waals surface area contributed by atoms with Gasteiger partial charge >= 0.3 is 6.01 Å². The number of benzene rings is 2. The molecule has 2 N–H and O–H groups in total. The second-order valence-corrected chi connectivity index (χ2v) is 15.8. The molecule has 2 aromatic carbocycles. The first-order valence-corrected chi connectivity index (χ1v) is 19.3. The van der Waals surface area contributed by atoms with Crippen LogP contribution < -0.4 is 14.4 Å². The lowest BCUT2D eigenvalue weighted by Crippen LogP contribution is -2.62. The molecule has 0 amide bonds. The maximum Gasteiger partial charge on any atom is 0.319 e. The van der Waals surface area contributed by atoms with E-state index in [1.807, 2.05) is 18.7 Å². The summed E-state index contributed by atoms with van der Waals surface area (Å²) in [5.74, 6) is -1.32. The lowest BCUT2D eigenvalue weighted by Gasteiger charge is -2.56. The molecule has 4 heterocycles. The van der Waals surface area contributed by atoms with E-state index in [1.54, 1.807) is 20.1 Å². The van der Waals surface area contributed by atoms with E-state index in [2.05, 4.69) is 21.8 Å². The lowest BCUT2D eigenvalue weighted by atomic mass is 9.70. The normalized spacial score (nSPS) is 28.6. The molecule has 4 aromatic rings. The van der Waals surface area contributed by atoms with Crippen LogP contribution in [-0.2, 0) is 9.47 Å². The van der Waals surface area contributed by atoms with Crippen molar-refractivity contribution in [3.05, 3.63) is 42.0 Å². The number of phenolic OH excluding ortho intramolecular Hbond substituents is 1. The van der Waals surface area contributed by atoms with Crippen molar-refractivity contribution in [2.45, 2.75) is 95.9 Å². The highest BCUT2D eigenvalue weighted by molar-refractivity contribution is 6.02. The van der Waals surface area contributed by atoms with Crippen molar-refractivity contribution in [3.63, 3.8) is 0 Å². The molecule has 3 atom stereocenters. The molecule has 0 radical (unpaired) electrons. The van der Waals surface area contributed by atoms with E-state index in [0.717, 1.165) is 51.5 Å². The minimum Gasteiger partial charge on any atom is -0.508 e. The molecule has 292 valence electrons. The lowest BCUT2D eigenvalue weighted by molar-refractivity contribution is -0.134. The summed E-state index contributed by atoms with van der Waals surface area (Å²) in [6.07, 6.45) is 7.29. The van der Waals surface area contributed by atoms with Crippen molar-refractivity contribution < 1.29 is 37.9 Å². The van der Waals surface area contributed by atoms with Gasteiger partial charge < -0.3 is 34.1 Å². The average molecular weight is 750 g/mol. The smallest absolute Gasteiger partial charge is 0.319 e. The first-order chi connectivity index (χ1) is 25.9. The highest BCUT2D eigenvalue weighted by atomic mass is 19.1. The Kier molecular flexibility index (Phi) is 10.6. The topological polar surface area (TPSA) is 123 Å². The van der Waals surface area contributed by atoms with Gasteiger partial charge in [0.2, 0.25) is 5.88 Å². The number of aromatic hydroxyl groups is 1. The Morgan fingerprint density at radius 1 is 1.00 bits per heavy atom. The zero-order valence-corrected chi connectivity index (χ0v) is 32.3. The number of pyridine rings is 1. The van der Waals surface area contributed by atoms with E-state index in [0.29, 0.717) is 37.2 Å². The van der Waals surface area contributed by atoms with Crippen LogP contribution in [-0.4, -0.2) is 107 Å². The van der Waals surface area contributed by atoms with Crippen LogP contribution in [0, 0.1) is 17.0 Å². The van der Waals surface area contributed by atoms with Crippen LogP contribution in [0.1, 0.15) is 72.6 Å². The van der Waals surface area contributed by atoms with Crippen LogP contribution >= 0.6 is 0 Å². The van der Waals surface area contributed by atoms with Crippen molar-refractivity contribution in [1.82, 2.24) is 19.9 Å². The van der Waals surface area contributed by atoms with Gasteiger partial charge in [0.05, 0.1) is 39.1 Å². The maximum absolute atomic E-state index is 17.1. The number of β-amino-alcohol motifs (C(OH)–C–C–N with tert-alkyl or cyclic N) is 1. The summed E-state index contributed by atoms with van der Waals surface area (Å²) in [4.78, 5) is 18.6. The second kappa shape index (κ2) is 15.0. The fourth-order valence-electron chi connectivity index (χ4n) is 9.38. The van der Waals surface area contributed by atoms with Gasteiger partial charge in [-0.15, -0.1) is 0 Å². The third-order valence-electron chi connectivity index (χ3n) is 12.0. The Bertz CT molecular complexity index is 2010. The number of methoxy groups -OCH3 is 2. The number of aromatic nitrogens is 3. The number of ether oxygens (including phenoxy) is 4. The van der Waals surface area contributed by atoms with Crippen molar-refractivity contribution in [3.8, 4) is 28.9 Å². The maximum atomic E-state index is 17.1. The summed E-state index contributed by atoms with van der Waals surface area (Å²) in [6, 6.07) is 7.97. The van der Waals surface area contributed by atoms with Gasteiger partial charge in [-0.1, -0.05) is 32.4 Å². The van der Waals surface area contributed by atoms with Gasteiger partial charge in [-0.25, -0.2) is 13.8 Å². The fourth-order valence-corrected chi connectivity index (χ4v) is 9.38.